The van der Waals surface area contributed by atoms with Crippen LogP contribution >= 0.6 is 0 Å². The Bertz CT molecular complexity index is 499. The summed E-state index contributed by atoms with van der Waals surface area (Å²) >= 11 is 0. The molecule has 0 bridgehead atoms. The number of carbonyl (C=O) groups is 1. The van der Waals surface area contributed by atoms with Gasteiger partial charge in [0.05, 0.1) is 11.6 Å². The molecule has 1 aliphatic heterocycles. The molecule has 110 valence electrons. The van der Waals surface area contributed by atoms with E-state index in [2.05, 4.69) is 5.32 Å². The fourth-order valence-corrected chi connectivity index (χ4v) is 2.34. The zero-order valence-electron chi connectivity index (χ0n) is 11.4. The van der Waals surface area contributed by atoms with Crippen LogP contribution in [0.2, 0.25) is 0 Å². The highest BCUT2D eigenvalue weighted by Crippen LogP contribution is 2.32. The SMILES string of the molecule is CC(C)NC1CCN(c2cccc(C(F)(F)F)c2)C1=O. The standard InChI is InChI=1S/C14H17F3N2O/c1-9(2)18-12-6-7-19(13(12)20)11-5-3-4-10(8-11)14(15,16)17/h3-5,8-9,12,18H,6-7H2,1-2H3. The zero-order chi connectivity index (χ0) is 14.9. The number of amides is 1. The van der Waals surface area contributed by atoms with Crippen LogP contribution in [-0.4, -0.2) is 24.5 Å². The van der Waals surface area contributed by atoms with E-state index in [0.29, 0.717) is 18.7 Å². The highest BCUT2D eigenvalue weighted by molar-refractivity contribution is 5.99. The Balaban J connectivity index is 2.19. The lowest BCUT2D eigenvalue weighted by Crippen LogP contribution is -2.41. The van der Waals surface area contributed by atoms with Gasteiger partial charge in [-0.1, -0.05) is 19.9 Å². The molecule has 0 spiro atoms. The number of anilines is 1. The minimum atomic E-state index is -4.39. The maximum absolute atomic E-state index is 12.7. The number of hydrogen-bond acceptors (Lipinski definition) is 2. The third-order valence-corrected chi connectivity index (χ3v) is 3.23. The number of halogens is 3. The maximum Gasteiger partial charge on any atom is 0.416 e. The summed E-state index contributed by atoms with van der Waals surface area (Å²) in [7, 11) is 0. The topological polar surface area (TPSA) is 32.3 Å². The predicted molar refractivity (Wildman–Crippen MR) is 70.5 cm³/mol. The van der Waals surface area contributed by atoms with Gasteiger partial charge in [-0.2, -0.15) is 13.2 Å². The Labute approximate surface area is 115 Å². The molecule has 3 nitrogen and oxygen atoms in total. The van der Waals surface area contributed by atoms with Gasteiger partial charge in [0.2, 0.25) is 5.91 Å². The Morgan fingerprint density at radius 2 is 2.05 bits per heavy atom. The molecule has 1 N–H and O–H groups in total. The van der Waals surface area contributed by atoms with Crippen LogP contribution in [0.4, 0.5) is 18.9 Å². The quantitative estimate of drug-likeness (QED) is 0.926. The van der Waals surface area contributed by atoms with E-state index in [4.69, 9.17) is 0 Å². The number of carbonyl (C=O) groups excluding carboxylic acids is 1. The number of benzene rings is 1. The van der Waals surface area contributed by atoms with E-state index in [0.717, 1.165) is 12.1 Å². The first-order valence-electron chi connectivity index (χ1n) is 6.53. The molecule has 1 aromatic carbocycles. The molecule has 1 saturated heterocycles. The van der Waals surface area contributed by atoms with Gasteiger partial charge in [-0.15, -0.1) is 0 Å². The van der Waals surface area contributed by atoms with Crippen LogP contribution in [0.5, 0.6) is 0 Å². The van der Waals surface area contributed by atoms with Crippen molar-refractivity contribution in [2.24, 2.45) is 0 Å². The van der Waals surface area contributed by atoms with Crippen LogP contribution in [0.15, 0.2) is 24.3 Å². The van der Waals surface area contributed by atoms with Crippen molar-refractivity contribution in [1.82, 2.24) is 5.32 Å². The van der Waals surface area contributed by atoms with Gasteiger partial charge in [-0.25, -0.2) is 0 Å². The smallest absolute Gasteiger partial charge is 0.311 e. The van der Waals surface area contributed by atoms with Gasteiger partial charge in [0.15, 0.2) is 0 Å². The van der Waals surface area contributed by atoms with Crippen molar-refractivity contribution in [3.63, 3.8) is 0 Å². The second-order valence-electron chi connectivity index (χ2n) is 5.20. The van der Waals surface area contributed by atoms with E-state index < -0.39 is 11.7 Å². The van der Waals surface area contributed by atoms with E-state index in [9.17, 15) is 18.0 Å². The second-order valence-corrected chi connectivity index (χ2v) is 5.20. The molecule has 1 aromatic rings. The van der Waals surface area contributed by atoms with Gasteiger partial charge < -0.3 is 10.2 Å². The average molecular weight is 286 g/mol. The molecule has 0 aliphatic carbocycles. The third-order valence-electron chi connectivity index (χ3n) is 3.23. The largest absolute Gasteiger partial charge is 0.416 e. The molecule has 6 heteroatoms. The zero-order valence-corrected chi connectivity index (χ0v) is 11.4. The van der Waals surface area contributed by atoms with Crippen molar-refractivity contribution >= 4 is 11.6 Å². The van der Waals surface area contributed by atoms with Crippen molar-refractivity contribution in [1.29, 1.82) is 0 Å². The van der Waals surface area contributed by atoms with Crippen molar-refractivity contribution in [2.75, 3.05) is 11.4 Å². The molecule has 1 amide bonds. The molecular formula is C14H17F3N2O. The molecule has 1 atom stereocenters. The second kappa shape index (κ2) is 5.44. The molecule has 0 saturated carbocycles. The highest BCUT2D eigenvalue weighted by Gasteiger charge is 2.35. The maximum atomic E-state index is 12.7. The lowest BCUT2D eigenvalue weighted by Gasteiger charge is -2.19. The first kappa shape index (κ1) is 14.8. The summed E-state index contributed by atoms with van der Waals surface area (Å²) < 4.78 is 38.1. The van der Waals surface area contributed by atoms with Gasteiger partial charge in [0.1, 0.15) is 0 Å². The fourth-order valence-electron chi connectivity index (χ4n) is 2.34. The van der Waals surface area contributed by atoms with Crippen molar-refractivity contribution in [2.45, 2.75) is 38.5 Å². The van der Waals surface area contributed by atoms with Crippen LogP contribution in [0.1, 0.15) is 25.8 Å². The van der Waals surface area contributed by atoms with Crippen LogP contribution < -0.4 is 10.2 Å². The normalized spacial score (nSPS) is 20.0. The van der Waals surface area contributed by atoms with Crippen LogP contribution in [0, 0.1) is 0 Å². The van der Waals surface area contributed by atoms with Crippen LogP contribution in [-0.2, 0) is 11.0 Å². The first-order chi connectivity index (χ1) is 9.29. The number of hydrogen-bond donors (Lipinski definition) is 1. The number of rotatable bonds is 3. The monoisotopic (exact) mass is 286 g/mol. The molecule has 0 aromatic heterocycles. The summed E-state index contributed by atoms with van der Waals surface area (Å²) in [6, 6.07) is 4.73. The summed E-state index contributed by atoms with van der Waals surface area (Å²) in [5.74, 6) is -0.168. The van der Waals surface area contributed by atoms with Crippen LogP contribution in [0.25, 0.3) is 0 Å². The van der Waals surface area contributed by atoms with E-state index in [1.165, 1.54) is 17.0 Å². The Morgan fingerprint density at radius 3 is 2.65 bits per heavy atom. The number of nitrogens with one attached hydrogen (secondary N) is 1. The lowest BCUT2D eigenvalue weighted by molar-refractivity contribution is -0.137. The van der Waals surface area contributed by atoms with E-state index in [1.54, 1.807) is 0 Å². The summed E-state index contributed by atoms with van der Waals surface area (Å²) in [5.41, 5.74) is -0.430. The number of alkyl halides is 3. The fraction of sp³-hybridized carbons (Fsp3) is 0.500. The van der Waals surface area contributed by atoms with Crippen molar-refractivity contribution < 1.29 is 18.0 Å². The molecular weight excluding hydrogens is 269 g/mol. The summed E-state index contributed by atoms with van der Waals surface area (Å²) in [5, 5.41) is 3.12. The van der Waals surface area contributed by atoms with E-state index in [1.807, 2.05) is 13.8 Å². The van der Waals surface area contributed by atoms with E-state index in [-0.39, 0.29) is 18.0 Å². The predicted octanol–water partition coefficient (Wildman–Crippen LogP) is 2.81. The van der Waals surface area contributed by atoms with Crippen LogP contribution in [0.3, 0.4) is 0 Å². The van der Waals surface area contributed by atoms with Crippen molar-refractivity contribution in [3.05, 3.63) is 29.8 Å². The number of nitrogens with zero attached hydrogens (tertiary/aromatic N) is 1. The molecule has 20 heavy (non-hydrogen) atoms. The summed E-state index contributed by atoms with van der Waals surface area (Å²) in [4.78, 5) is 13.6. The summed E-state index contributed by atoms with van der Waals surface area (Å²) in [6.45, 7) is 4.30. The van der Waals surface area contributed by atoms with Gasteiger partial charge in [0, 0.05) is 18.3 Å². The third kappa shape index (κ3) is 3.12. The van der Waals surface area contributed by atoms with Gasteiger partial charge in [0.25, 0.3) is 0 Å². The average Bonchev–Trinajstić information content (AvgIpc) is 2.69. The molecule has 2 rings (SSSR count). The van der Waals surface area contributed by atoms with Gasteiger partial charge in [-0.05, 0) is 24.6 Å². The molecule has 1 unspecified atom stereocenters. The first-order valence-corrected chi connectivity index (χ1v) is 6.53. The molecule has 1 heterocycles. The minimum absolute atomic E-state index is 0.158. The highest BCUT2D eigenvalue weighted by atomic mass is 19.4. The Morgan fingerprint density at radius 1 is 1.35 bits per heavy atom. The van der Waals surface area contributed by atoms with Gasteiger partial charge in [-0.3, -0.25) is 4.79 Å². The lowest BCUT2D eigenvalue weighted by atomic mass is 10.2. The summed E-state index contributed by atoms with van der Waals surface area (Å²) in [6.07, 6.45) is -3.79. The van der Waals surface area contributed by atoms with E-state index >= 15 is 0 Å². The molecule has 1 fully saturated rings. The molecule has 1 aliphatic rings. The Kier molecular flexibility index (Phi) is 4.04. The van der Waals surface area contributed by atoms with Crippen molar-refractivity contribution in [3.8, 4) is 0 Å². The van der Waals surface area contributed by atoms with Gasteiger partial charge >= 0.3 is 6.18 Å². The minimum Gasteiger partial charge on any atom is -0.311 e. The Hall–Kier alpha value is -1.56. The molecule has 0 radical (unpaired) electrons.